The van der Waals surface area contributed by atoms with Crippen LogP contribution in [0.25, 0.3) is 0 Å². The van der Waals surface area contributed by atoms with Crippen LogP contribution in [0.5, 0.6) is 0 Å². The van der Waals surface area contributed by atoms with E-state index in [4.69, 9.17) is 0 Å². The summed E-state index contributed by atoms with van der Waals surface area (Å²) >= 11 is 0. The molecule has 233 valence electrons. The van der Waals surface area contributed by atoms with E-state index in [9.17, 15) is 28.4 Å². The zero-order chi connectivity index (χ0) is 32.2. The Morgan fingerprint density at radius 2 is 0.370 bits per heavy atom. The van der Waals surface area contributed by atoms with E-state index < -0.39 is 22.1 Å². The third kappa shape index (κ3) is 9.71. The molecule has 6 aromatic carbocycles. The van der Waals surface area contributed by atoms with Crippen molar-refractivity contribution >= 4 is 53.9 Å². The predicted octanol–water partition coefficient (Wildman–Crippen LogP) is 3.82. The summed E-state index contributed by atoms with van der Waals surface area (Å²) in [6, 6.07) is 50.8. The first-order valence-electron chi connectivity index (χ1n) is 13.9. The van der Waals surface area contributed by atoms with Crippen molar-refractivity contribution in [2.45, 2.75) is 0 Å². The molecule has 10 heteroatoms. The van der Waals surface area contributed by atoms with E-state index in [-0.39, 0.29) is 17.1 Å². The van der Waals surface area contributed by atoms with Crippen molar-refractivity contribution in [3.63, 3.8) is 0 Å². The van der Waals surface area contributed by atoms with Gasteiger partial charge in [0.25, 0.3) is 0 Å². The Labute approximate surface area is 280 Å². The summed E-state index contributed by atoms with van der Waals surface area (Å²) in [7, 11) is -10.9. The van der Waals surface area contributed by atoms with Crippen LogP contribution in [0.1, 0.15) is 0 Å². The molecule has 0 heterocycles. The van der Waals surface area contributed by atoms with Crippen LogP contribution in [0.15, 0.2) is 182 Å². The molecule has 0 unspecified atom stereocenters. The maximum absolute atomic E-state index is 12.1. The molecular weight excluding hydrogens is 677 g/mol. The summed E-state index contributed by atoms with van der Waals surface area (Å²) in [5.74, 6) is 0. The van der Waals surface area contributed by atoms with Gasteiger partial charge in [0.1, 0.15) is 0 Å². The Hall–Kier alpha value is -3.59. The van der Waals surface area contributed by atoms with Crippen LogP contribution in [0.4, 0.5) is 0 Å². The van der Waals surface area contributed by atoms with E-state index in [1.807, 2.05) is 0 Å². The minimum atomic E-state index is -3.65. The van der Waals surface area contributed by atoms with Crippen LogP contribution >= 0.6 is 22.1 Å². The fraction of sp³-hybridized carbons (Fsp3) is 0. The van der Waals surface area contributed by atoms with Crippen molar-refractivity contribution in [3.8, 4) is 0 Å². The standard InChI is InChI=1S/3C12H11O2P.Fe/c3*13-15(14,11-7-3-1-4-8-11)12-9-5-2-6-10-12;/h3*1-10H,(H,13,14);/q;;;+3/p-3. The Balaban J connectivity index is 0.000000186. The summed E-state index contributed by atoms with van der Waals surface area (Å²) in [4.78, 5) is 36.2. The van der Waals surface area contributed by atoms with Crippen LogP contribution in [-0.4, -0.2) is 0 Å². The van der Waals surface area contributed by atoms with Crippen LogP contribution in [0, 0.1) is 0 Å². The Kier molecular flexibility index (Phi) is 13.9. The number of benzene rings is 6. The molecular formula is C36H30FeO6P3. The first-order chi connectivity index (χ1) is 21.6. The van der Waals surface area contributed by atoms with Gasteiger partial charge >= 0.3 is 17.1 Å². The second kappa shape index (κ2) is 17.4. The Morgan fingerprint density at radius 1 is 0.261 bits per heavy atom. The van der Waals surface area contributed by atoms with Crippen LogP contribution in [-0.2, 0) is 30.8 Å². The van der Waals surface area contributed by atoms with E-state index in [0.29, 0.717) is 31.8 Å². The van der Waals surface area contributed by atoms with Gasteiger partial charge in [0.15, 0.2) is 0 Å². The van der Waals surface area contributed by atoms with Crippen molar-refractivity contribution in [1.82, 2.24) is 0 Å². The second-order valence-electron chi connectivity index (χ2n) is 9.67. The third-order valence-corrected chi connectivity index (χ3v) is 12.4. The van der Waals surface area contributed by atoms with E-state index in [1.54, 1.807) is 182 Å². The SMILES string of the molecule is O=P([O-])(c1ccccc1)c1ccccc1.O=P([O-])(c1ccccc1)c1ccccc1.O=P([O-])(c1ccccc1)c1ccccc1.[Fe+3]. The van der Waals surface area contributed by atoms with Gasteiger partial charge in [-0.25, -0.2) is 0 Å². The summed E-state index contributed by atoms with van der Waals surface area (Å²) in [5, 5.41) is 2.15. The molecule has 1 radical (unpaired) electrons. The van der Waals surface area contributed by atoms with E-state index in [1.165, 1.54) is 0 Å². The average Bonchev–Trinajstić information content (AvgIpc) is 3.11. The summed E-state index contributed by atoms with van der Waals surface area (Å²) in [5.41, 5.74) is 0. The molecule has 0 N–H and O–H groups in total. The number of hydrogen-bond donors (Lipinski definition) is 0. The van der Waals surface area contributed by atoms with E-state index in [0.717, 1.165) is 0 Å². The molecule has 6 rings (SSSR count). The van der Waals surface area contributed by atoms with Gasteiger partial charge in [-0.2, -0.15) is 0 Å². The molecule has 0 spiro atoms. The van der Waals surface area contributed by atoms with Gasteiger partial charge < -0.3 is 28.4 Å². The zero-order valence-corrected chi connectivity index (χ0v) is 28.3. The largest absolute Gasteiger partial charge is 3.00 e. The molecule has 6 aromatic rings. The molecule has 0 aliphatic rings. The summed E-state index contributed by atoms with van der Waals surface area (Å²) < 4.78 is 36.2. The fourth-order valence-electron chi connectivity index (χ4n) is 4.19. The van der Waals surface area contributed by atoms with Gasteiger partial charge in [0.05, 0.1) is 22.1 Å². The van der Waals surface area contributed by atoms with Crippen molar-refractivity contribution in [2.75, 3.05) is 0 Å². The molecule has 0 saturated carbocycles. The monoisotopic (exact) mass is 707 g/mol. The smallest absolute Gasteiger partial charge is 0.793 e. The third-order valence-electron chi connectivity index (χ3n) is 6.58. The van der Waals surface area contributed by atoms with Crippen molar-refractivity contribution in [1.29, 1.82) is 0 Å². The van der Waals surface area contributed by atoms with Gasteiger partial charge in [-0.15, -0.1) is 0 Å². The minimum absolute atomic E-state index is 0. The van der Waals surface area contributed by atoms with Crippen LogP contribution < -0.4 is 46.5 Å². The molecule has 0 amide bonds. The van der Waals surface area contributed by atoms with Crippen molar-refractivity contribution < 1.29 is 45.4 Å². The first kappa shape index (κ1) is 36.9. The minimum Gasteiger partial charge on any atom is -0.793 e. The molecule has 0 fully saturated rings. The zero-order valence-electron chi connectivity index (χ0n) is 24.5. The predicted molar refractivity (Wildman–Crippen MR) is 179 cm³/mol. The van der Waals surface area contributed by atoms with Gasteiger partial charge in [-0.05, 0) is 0 Å². The van der Waals surface area contributed by atoms with E-state index >= 15 is 0 Å². The molecule has 6 nitrogen and oxygen atoms in total. The molecule has 0 atom stereocenters. The molecule has 0 aromatic heterocycles. The fourth-order valence-corrected chi connectivity index (χ4v) is 8.47. The molecule has 0 aliphatic heterocycles. The quantitative estimate of drug-likeness (QED) is 0.192. The molecule has 0 aliphatic carbocycles. The maximum atomic E-state index is 12.1. The maximum Gasteiger partial charge on any atom is 3.00 e. The van der Waals surface area contributed by atoms with E-state index in [2.05, 4.69) is 0 Å². The van der Waals surface area contributed by atoms with Gasteiger partial charge in [0.2, 0.25) is 0 Å². The number of hydrogen-bond acceptors (Lipinski definition) is 6. The summed E-state index contributed by atoms with van der Waals surface area (Å²) in [6.45, 7) is 0. The van der Waals surface area contributed by atoms with Gasteiger partial charge in [-0.3, -0.25) is 0 Å². The Morgan fingerprint density at radius 3 is 0.478 bits per heavy atom. The van der Waals surface area contributed by atoms with Gasteiger partial charge in [0, 0.05) is 31.8 Å². The Bertz CT molecular complexity index is 1540. The average molecular weight is 707 g/mol. The molecule has 0 bridgehead atoms. The normalized spacial score (nSPS) is 11.0. The second-order valence-corrected chi connectivity index (χ2v) is 16.1. The van der Waals surface area contributed by atoms with Crippen molar-refractivity contribution in [2.24, 2.45) is 0 Å². The number of rotatable bonds is 6. The van der Waals surface area contributed by atoms with Crippen molar-refractivity contribution in [3.05, 3.63) is 182 Å². The summed E-state index contributed by atoms with van der Waals surface area (Å²) in [6.07, 6.45) is 0. The van der Waals surface area contributed by atoms with Crippen LogP contribution in [0.2, 0.25) is 0 Å². The van der Waals surface area contributed by atoms with Crippen LogP contribution in [0.3, 0.4) is 0 Å². The first-order valence-corrected chi connectivity index (χ1v) is 18.8. The molecule has 46 heavy (non-hydrogen) atoms. The van der Waals surface area contributed by atoms with Gasteiger partial charge in [-0.1, -0.05) is 182 Å². The topological polar surface area (TPSA) is 120 Å². The molecule has 0 saturated heterocycles.